The Bertz CT molecular complexity index is 543. The topological polar surface area (TPSA) is 57.0 Å². The summed E-state index contributed by atoms with van der Waals surface area (Å²) in [4.78, 5) is 16.1. The van der Waals surface area contributed by atoms with Crippen molar-refractivity contribution in [1.82, 2.24) is 14.8 Å². The second kappa shape index (κ2) is 6.38. The number of carbonyl (C=O) groups is 1. The molecule has 100 valence electrons. The molecule has 0 aromatic carbocycles. The molecule has 0 bridgehead atoms. The molecule has 0 saturated carbocycles. The fourth-order valence-electron chi connectivity index (χ4n) is 1.61. The summed E-state index contributed by atoms with van der Waals surface area (Å²) < 4.78 is 7.11. The fourth-order valence-corrected chi connectivity index (χ4v) is 2.02. The van der Waals surface area contributed by atoms with Crippen LogP contribution in [0.4, 0.5) is 0 Å². The largest absolute Gasteiger partial charge is 0.457 e. The molecule has 0 fully saturated rings. The van der Waals surface area contributed by atoms with E-state index < -0.39 is 0 Å². The normalized spacial score (nSPS) is 12.1. The number of hydrogen-bond donors (Lipinski definition) is 0. The van der Waals surface area contributed by atoms with Crippen molar-refractivity contribution in [2.24, 2.45) is 0 Å². The molecule has 0 radical (unpaired) electrons. The van der Waals surface area contributed by atoms with Crippen LogP contribution in [-0.4, -0.2) is 33.1 Å². The van der Waals surface area contributed by atoms with E-state index in [1.807, 2.05) is 25.4 Å². The summed E-state index contributed by atoms with van der Waals surface area (Å²) in [5, 5.41) is 4.88. The lowest BCUT2D eigenvalue weighted by Crippen LogP contribution is -2.21. The molecule has 0 amide bonds. The lowest BCUT2D eigenvalue weighted by atomic mass is 10.3. The molecule has 0 N–H and O–H groups in total. The molecule has 0 aliphatic heterocycles. The highest BCUT2D eigenvalue weighted by molar-refractivity contribution is 7.98. The first-order chi connectivity index (χ1) is 9.19. The molecular formula is C13H15N3O2S. The van der Waals surface area contributed by atoms with E-state index in [1.54, 1.807) is 29.2 Å². The van der Waals surface area contributed by atoms with Gasteiger partial charge >= 0.3 is 5.97 Å². The minimum atomic E-state index is -0.336. The Hall–Kier alpha value is -1.82. The van der Waals surface area contributed by atoms with Crippen LogP contribution in [0.5, 0.6) is 0 Å². The molecule has 0 aliphatic rings. The van der Waals surface area contributed by atoms with Gasteiger partial charge in [0.15, 0.2) is 0 Å². The van der Waals surface area contributed by atoms with Crippen LogP contribution >= 0.6 is 11.8 Å². The highest BCUT2D eigenvalue weighted by Gasteiger charge is 2.13. The summed E-state index contributed by atoms with van der Waals surface area (Å²) in [6.45, 7) is 2.38. The molecule has 0 aliphatic carbocycles. The molecule has 2 aromatic rings. The minimum absolute atomic E-state index is 0.238. The summed E-state index contributed by atoms with van der Waals surface area (Å²) in [6.07, 6.45) is 6.82. The Morgan fingerprint density at radius 1 is 1.53 bits per heavy atom. The Labute approximate surface area is 116 Å². The second-order valence-electron chi connectivity index (χ2n) is 4.03. The van der Waals surface area contributed by atoms with Crippen molar-refractivity contribution in [2.45, 2.75) is 24.6 Å². The van der Waals surface area contributed by atoms with Crippen molar-refractivity contribution in [3.8, 4) is 0 Å². The van der Waals surface area contributed by atoms with Crippen LogP contribution in [0.2, 0.25) is 0 Å². The van der Waals surface area contributed by atoms with E-state index >= 15 is 0 Å². The van der Waals surface area contributed by atoms with Gasteiger partial charge in [-0.25, -0.2) is 9.78 Å². The molecule has 6 heteroatoms. The average molecular weight is 277 g/mol. The van der Waals surface area contributed by atoms with Gasteiger partial charge in [-0.05, 0) is 31.4 Å². The lowest BCUT2D eigenvalue weighted by Gasteiger charge is -2.13. The van der Waals surface area contributed by atoms with E-state index in [4.69, 9.17) is 4.74 Å². The highest BCUT2D eigenvalue weighted by atomic mass is 32.2. The zero-order valence-electron chi connectivity index (χ0n) is 10.8. The van der Waals surface area contributed by atoms with Crippen LogP contribution in [-0.2, 0) is 11.3 Å². The van der Waals surface area contributed by atoms with E-state index in [1.165, 1.54) is 11.8 Å². The molecule has 2 aromatic heterocycles. The van der Waals surface area contributed by atoms with Crippen molar-refractivity contribution in [2.75, 3.05) is 6.26 Å². The number of hydrogen-bond acceptors (Lipinski definition) is 5. The maximum absolute atomic E-state index is 12.0. The zero-order valence-corrected chi connectivity index (χ0v) is 11.6. The number of nitrogens with zero attached hydrogens (tertiary/aromatic N) is 3. The molecule has 1 atom stereocenters. The van der Waals surface area contributed by atoms with Gasteiger partial charge in [-0.3, -0.25) is 4.68 Å². The van der Waals surface area contributed by atoms with Gasteiger partial charge < -0.3 is 4.74 Å². The first kappa shape index (κ1) is 13.6. The molecule has 5 nitrogen and oxygen atoms in total. The summed E-state index contributed by atoms with van der Waals surface area (Å²) in [5.74, 6) is -0.336. The van der Waals surface area contributed by atoms with Crippen molar-refractivity contribution in [3.63, 3.8) is 0 Å². The van der Waals surface area contributed by atoms with Gasteiger partial charge in [0.2, 0.25) is 0 Å². The van der Waals surface area contributed by atoms with Crippen LogP contribution in [0.1, 0.15) is 17.3 Å². The van der Waals surface area contributed by atoms with Crippen molar-refractivity contribution < 1.29 is 9.53 Å². The Morgan fingerprint density at radius 3 is 3.05 bits per heavy atom. The summed E-state index contributed by atoms with van der Waals surface area (Å²) >= 11 is 1.49. The zero-order chi connectivity index (χ0) is 13.7. The minimum Gasteiger partial charge on any atom is -0.457 e. The fraction of sp³-hybridized carbons (Fsp3) is 0.308. The van der Waals surface area contributed by atoms with E-state index in [0.717, 1.165) is 5.03 Å². The second-order valence-corrected chi connectivity index (χ2v) is 4.86. The Balaban J connectivity index is 1.96. The van der Waals surface area contributed by atoms with Crippen LogP contribution in [0.25, 0.3) is 0 Å². The van der Waals surface area contributed by atoms with Gasteiger partial charge in [-0.15, -0.1) is 11.8 Å². The molecule has 2 heterocycles. The molecule has 0 spiro atoms. The average Bonchev–Trinajstić information content (AvgIpc) is 2.91. The summed E-state index contributed by atoms with van der Waals surface area (Å²) in [6, 6.07) is 5.22. The molecule has 19 heavy (non-hydrogen) atoms. The van der Waals surface area contributed by atoms with Gasteiger partial charge in [-0.1, -0.05) is 0 Å². The number of rotatable bonds is 5. The predicted molar refractivity (Wildman–Crippen MR) is 73.1 cm³/mol. The first-order valence-electron chi connectivity index (χ1n) is 5.87. The van der Waals surface area contributed by atoms with Gasteiger partial charge in [0.1, 0.15) is 6.10 Å². The maximum Gasteiger partial charge on any atom is 0.338 e. The highest BCUT2D eigenvalue weighted by Crippen LogP contribution is 2.14. The van der Waals surface area contributed by atoms with E-state index in [2.05, 4.69) is 10.1 Å². The number of carbonyl (C=O) groups excluding carboxylic acids is 1. The van der Waals surface area contributed by atoms with Gasteiger partial charge in [0, 0.05) is 18.6 Å². The van der Waals surface area contributed by atoms with Gasteiger partial charge in [0.25, 0.3) is 0 Å². The third kappa shape index (κ3) is 3.82. The quantitative estimate of drug-likeness (QED) is 0.619. The first-order valence-corrected chi connectivity index (χ1v) is 7.10. The molecule has 0 saturated heterocycles. The number of pyridine rings is 1. The van der Waals surface area contributed by atoms with Crippen molar-refractivity contribution >= 4 is 17.7 Å². The summed E-state index contributed by atoms with van der Waals surface area (Å²) in [7, 11) is 0. The van der Waals surface area contributed by atoms with Crippen LogP contribution in [0.3, 0.4) is 0 Å². The molecular weight excluding hydrogens is 262 g/mol. The third-order valence-electron chi connectivity index (χ3n) is 2.49. The van der Waals surface area contributed by atoms with Crippen LogP contribution < -0.4 is 0 Å². The van der Waals surface area contributed by atoms with E-state index in [0.29, 0.717) is 12.1 Å². The lowest BCUT2D eigenvalue weighted by molar-refractivity contribution is 0.0298. The summed E-state index contributed by atoms with van der Waals surface area (Å²) in [5.41, 5.74) is 0.520. The standard InChI is InChI=1S/C13H15N3O2S/c1-10(9-16-7-3-5-15-16)18-13(17)11-4-6-14-12(8-11)19-2/h3-8,10H,9H2,1-2H3/t10-/m0/s1. The van der Waals surface area contributed by atoms with Crippen LogP contribution in [0, 0.1) is 0 Å². The SMILES string of the molecule is CSc1cc(C(=O)O[C@@H](C)Cn2cccn2)ccn1. The smallest absolute Gasteiger partial charge is 0.338 e. The van der Waals surface area contributed by atoms with E-state index in [-0.39, 0.29) is 12.1 Å². The number of ether oxygens (including phenoxy) is 1. The number of aromatic nitrogens is 3. The van der Waals surface area contributed by atoms with Crippen LogP contribution in [0.15, 0.2) is 41.8 Å². The van der Waals surface area contributed by atoms with Gasteiger partial charge in [0.05, 0.1) is 17.1 Å². The number of esters is 1. The Morgan fingerprint density at radius 2 is 2.37 bits per heavy atom. The van der Waals surface area contributed by atoms with E-state index in [9.17, 15) is 4.79 Å². The molecule has 0 unspecified atom stereocenters. The monoisotopic (exact) mass is 277 g/mol. The third-order valence-corrected chi connectivity index (χ3v) is 3.13. The van der Waals surface area contributed by atoms with Crippen molar-refractivity contribution in [1.29, 1.82) is 0 Å². The molecule has 2 rings (SSSR count). The Kier molecular flexibility index (Phi) is 4.57. The predicted octanol–water partition coefficient (Wildman–Crippen LogP) is 2.25. The van der Waals surface area contributed by atoms with Crippen molar-refractivity contribution in [3.05, 3.63) is 42.4 Å². The maximum atomic E-state index is 12.0. The number of thioether (sulfide) groups is 1. The van der Waals surface area contributed by atoms with Gasteiger partial charge in [-0.2, -0.15) is 5.10 Å².